The summed E-state index contributed by atoms with van der Waals surface area (Å²) in [7, 11) is 1.65. The van der Waals surface area contributed by atoms with Gasteiger partial charge in [0.05, 0.1) is 12.4 Å². The van der Waals surface area contributed by atoms with E-state index in [1.165, 1.54) is 9.47 Å². The van der Waals surface area contributed by atoms with Crippen molar-refractivity contribution in [2.45, 2.75) is 38.9 Å². The van der Waals surface area contributed by atoms with Crippen molar-refractivity contribution in [3.8, 4) is 0 Å². The SMILES string of the molecule is CCCCn1c(=O)[nH]c(=O)c2c1nc(CN1C(=O)[C@H]3CSCN3C1=O)n2C. The number of hydrogen-bond donors (Lipinski definition) is 1. The number of imide groups is 1. The number of nitrogens with zero attached hydrogens (tertiary/aromatic N) is 5. The van der Waals surface area contributed by atoms with E-state index in [2.05, 4.69) is 9.97 Å². The van der Waals surface area contributed by atoms with Crippen LogP contribution in [-0.4, -0.2) is 58.5 Å². The topological polar surface area (TPSA) is 113 Å². The van der Waals surface area contributed by atoms with Gasteiger partial charge < -0.3 is 9.47 Å². The molecular weight excluding hydrogens is 372 g/mol. The molecule has 11 heteroatoms. The van der Waals surface area contributed by atoms with Gasteiger partial charge in [0.1, 0.15) is 11.9 Å². The highest BCUT2D eigenvalue weighted by atomic mass is 32.2. The van der Waals surface area contributed by atoms with Crippen LogP contribution in [0.3, 0.4) is 0 Å². The first-order valence-corrected chi connectivity index (χ1v) is 9.97. The Morgan fingerprint density at radius 3 is 2.74 bits per heavy atom. The van der Waals surface area contributed by atoms with Crippen LogP contribution < -0.4 is 11.2 Å². The van der Waals surface area contributed by atoms with E-state index in [9.17, 15) is 19.2 Å². The summed E-state index contributed by atoms with van der Waals surface area (Å²) in [6.07, 6.45) is 1.66. The first-order chi connectivity index (χ1) is 12.9. The van der Waals surface area contributed by atoms with E-state index in [1.807, 2.05) is 6.92 Å². The van der Waals surface area contributed by atoms with Gasteiger partial charge in [-0.2, -0.15) is 0 Å². The summed E-state index contributed by atoms with van der Waals surface area (Å²) in [5.74, 6) is 1.25. The van der Waals surface area contributed by atoms with Crippen LogP contribution in [0.15, 0.2) is 9.59 Å². The van der Waals surface area contributed by atoms with Crippen molar-refractivity contribution in [3.05, 3.63) is 26.7 Å². The Morgan fingerprint density at radius 2 is 2.04 bits per heavy atom. The van der Waals surface area contributed by atoms with Gasteiger partial charge in [0.2, 0.25) is 0 Å². The summed E-state index contributed by atoms with van der Waals surface area (Å²) >= 11 is 1.56. The van der Waals surface area contributed by atoms with Gasteiger partial charge in [-0.1, -0.05) is 13.3 Å². The number of unbranched alkanes of at least 4 members (excludes halogenated alkanes) is 1. The number of nitrogens with one attached hydrogen (secondary N) is 1. The largest absolute Gasteiger partial charge is 0.330 e. The van der Waals surface area contributed by atoms with E-state index in [1.54, 1.807) is 28.3 Å². The molecule has 2 aromatic rings. The molecule has 3 amide bonds. The van der Waals surface area contributed by atoms with Crippen molar-refractivity contribution in [2.24, 2.45) is 7.05 Å². The zero-order valence-corrected chi connectivity index (χ0v) is 15.9. The van der Waals surface area contributed by atoms with Crippen LogP contribution in [0.2, 0.25) is 0 Å². The van der Waals surface area contributed by atoms with Crippen LogP contribution in [0.4, 0.5) is 4.79 Å². The Kier molecular flexibility index (Phi) is 4.33. The van der Waals surface area contributed by atoms with Crippen LogP contribution in [0, 0.1) is 0 Å². The molecule has 10 nitrogen and oxygen atoms in total. The maximum Gasteiger partial charge on any atom is 0.330 e. The highest BCUT2D eigenvalue weighted by Crippen LogP contribution is 2.30. The molecular formula is C16H20N6O4S. The molecule has 2 aromatic heterocycles. The van der Waals surface area contributed by atoms with Crippen molar-refractivity contribution in [1.82, 2.24) is 28.9 Å². The molecule has 4 heterocycles. The van der Waals surface area contributed by atoms with Crippen molar-refractivity contribution in [2.75, 3.05) is 11.6 Å². The van der Waals surface area contributed by atoms with E-state index in [0.717, 1.165) is 12.8 Å². The van der Waals surface area contributed by atoms with Gasteiger partial charge in [-0.3, -0.25) is 24.0 Å². The number of imidazole rings is 1. The summed E-state index contributed by atoms with van der Waals surface area (Å²) in [5.41, 5.74) is -0.489. The van der Waals surface area contributed by atoms with Crippen LogP contribution in [-0.2, 0) is 24.9 Å². The average molecular weight is 392 g/mol. The first-order valence-electron chi connectivity index (χ1n) is 8.82. The van der Waals surface area contributed by atoms with E-state index >= 15 is 0 Å². The van der Waals surface area contributed by atoms with Gasteiger partial charge in [0, 0.05) is 19.3 Å². The Morgan fingerprint density at radius 1 is 1.26 bits per heavy atom. The molecule has 0 aliphatic carbocycles. The Balaban J connectivity index is 1.75. The lowest BCUT2D eigenvalue weighted by Crippen LogP contribution is -2.33. The number of carbonyl (C=O) groups excluding carboxylic acids is 2. The summed E-state index contributed by atoms with van der Waals surface area (Å²) in [6.45, 7) is 2.42. The molecule has 2 aliphatic rings. The van der Waals surface area contributed by atoms with Crippen LogP contribution >= 0.6 is 11.8 Å². The molecule has 2 aliphatic heterocycles. The summed E-state index contributed by atoms with van der Waals surface area (Å²) < 4.78 is 2.99. The second kappa shape index (κ2) is 6.55. The molecule has 0 bridgehead atoms. The second-order valence-corrected chi connectivity index (χ2v) is 7.72. The van der Waals surface area contributed by atoms with E-state index in [4.69, 9.17) is 0 Å². The molecule has 2 fully saturated rings. The van der Waals surface area contributed by atoms with E-state index in [-0.39, 0.29) is 29.6 Å². The number of thioether (sulfide) groups is 1. The summed E-state index contributed by atoms with van der Waals surface area (Å²) in [4.78, 5) is 59.1. The highest BCUT2D eigenvalue weighted by Gasteiger charge is 2.48. The van der Waals surface area contributed by atoms with Gasteiger partial charge in [0.15, 0.2) is 11.2 Å². The van der Waals surface area contributed by atoms with Gasteiger partial charge in [-0.05, 0) is 6.42 Å². The quantitative estimate of drug-likeness (QED) is 0.720. The third-order valence-corrected chi connectivity index (χ3v) is 6.06. The number of carbonyl (C=O) groups is 2. The Hall–Kier alpha value is -2.56. The fourth-order valence-electron chi connectivity index (χ4n) is 3.51. The van der Waals surface area contributed by atoms with Gasteiger partial charge in [0.25, 0.3) is 11.5 Å². The predicted octanol–water partition coefficient (Wildman–Crippen LogP) is 0.0605. The normalized spacial score (nSPS) is 19.6. The third kappa shape index (κ3) is 2.68. The van der Waals surface area contributed by atoms with Crippen molar-refractivity contribution < 1.29 is 9.59 Å². The first kappa shape index (κ1) is 17.8. The highest BCUT2D eigenvalue weighted by molar-refractivity contribution is 7.99. The summed E-state index contributed by atoms with van der Waals surface area (Å²) in [5, 5.41) is 0. The molecule has 0 saturated carbocycles. The van der Waals surface area contributed by atoms with Crippen molar-refractivity contribution in [1.29, 1.82) is 0 Å². The molecule has 2 saturated heterocycles. The monoisotopic (exact) mass is 392 g/mol. The number of rotatable bonds is 5. The molecule has 0 unspecified atom stereocenters. The molecule has 0 spiro atoms. The number of aryl methyl sites for hydroxylation is 2. The fourth-order valence-corrected chi connectivity index (χ4v) is 4.65. The molecule has 0 aromatic carbocycles. The van der Waals surface area contributed by atoms with Crippen molar-refractivity contribution in [3.63, 3.8) is 0 Å². The standard InChI is InChI=1S/C16H20N6O4S/c1-3-4-5-20-12-11(13(23)18-15(20)25)19(2)10(17-12)6-21-14(24)9-7-27-8-22(9)16(21)26/h9H,3-8H2,1-2H3,(H,18,23,25)/t9-/m1/s1. The van der Waals surface area contributed by atoms with Gasteiger partial charge in [-0.25, -0.2) is 14.6 Å². The zero-order valence-electron chi connectivity index (χ0n) is 15.1. The number of fused-ring (bicyclic) bond motifs is 2. The molecule has 1 N–H and O–H groups in total. The maximum absolute atomic E-state index is 12.5. The number of aromatic nitrogens is 4. The van der Waals surface area contributed by atoms with Crippen LogP contribution in [0.1, 0.15) is 25.6 Å². The lowest BCUT2D eigenvalue weighted by Gasteiger charge is -2.14. The zero-order chi connectivity index (χ0) is 19.3. The number of aromatic amines is 1. The lowest BCUT2D eigenvalue weighted by atomic mass is 10.3. The minimum Gasteiger partial charge on any atom is -0.324 e. The number of urea groups is 1. The smallest absolute Gasteiger partial charge is 0.324 e. The second-order valence-electron chi connectivity index (χ2n) is 6.72. The maximum atomic E-state index is 12.5. The van der Waals surface area contributed by atoms with Crippen LogP contribution in [0.25, 0.3) is 11.2 Å². The molecule has 144 valence electrons. The Labute approximate surface area is 158 Å². The van der Waals surface area contributed by atoms with Gasteiger partial charge in [-0.15, -0.1) is 11.8 Å². The number of H-pyrrole nitrogens is 1. The van der Waals surface area contributed by atoms with E-state index in [0.29, 0.717) is 24.0 Å². The van der Waals surface area contributed by atoms with Gasteiger partial charge >= 0.3 is 11.7 Å². The third-order valence-electron chi connectivity index (χ3n) is 5.05. The average Bonchev–Trinajstić information content (AvgIpc) is 3.28. The fraction of sp³-hybridized carbons (Fsp3) is 0.562. The van der Waals surface area contributed by atoms with Crippen molar-refractivity contribution >= 4 is 34.9 Å². The minimum absolute atomic E-state index is 0.0259. The number of amides is 3. The van der Waals surface area contributed by atoms with E-state index < -0.39 is 17.3 Å². The summed E-state index contributed by atoms with van der Waals surface area (Å²) in [6, 6.07) is -0.748. The Bertz CT molecular complexity index is 1030. The molecule has 1 atom stereocenters. The minimum atomic E-state index is -0.528. The molecule has 4 rings (SSSR count). The molecule has 27 heavy (non-hydrogen) atoms. The van der Waals surface area contributed by atoms with Crippen LogP contribution in [0.5, 0.6) is 0 Å². The molecule has 0 radical (unpaired) electrons. The predicted molar refractivity (Wildman–Crippen MR) is 99.4 cm³/mol. The number of hydrogen-bond acceptors (Lipinski definition) is 6. The lowest BCUT2D eigenvalue weighted by molar-refractivity contribution is -0.128.